The van der Waals surface area contributed by atoms with Gasteiger partial charge in [-0.2, -0.15) is 0 Å². The second-order valence-electron chi connectivity index (χ2n) is 8.56. The minimum atomic E-state index is -3.64. The van der Waals surface area contributed by atoms with E-state index < -0.39 is 21.5 Å². The number of hydrogen-bond donors (Lipinski definition) is 1. The lowest BCUT2D eigenvalue weighted by Gasteiger charge is -2.23. The van der Waals surface area contributed by atoms with Gasteiger partial charge in [0.2, 0.25) is 5.91 Å². The Kier molecular flexibility index (Phi) is 6.68. The molecule has 0 fully saturated rings. The normalized spacial score (nSPS) is 11.8. The lowest BCUT2D eigenvalue weighted by Crippen LogP contribution is -2.29. The molecule has 3 rings (SSSR count). The Bertz CT molecular complexity index is 1320. The summed E-state index contributed by atoms with van der Waals surface area (Å²) in [6, 6.07) is 12.1. The number of nitrogens with zero attached hydrogens (tertiary/aromatic N) is 3. The first kappa shape index (κ1) is 24.1. The quantitative estimate of drug-likeness (QED) is 0.600. The van der Waals surface area contributed by atoms with Crippen molar-refractivity contribution < 1.29 is 22.7 Å². The minimum absolute atomic E-state index is 0.116. The third-order valence-electron chi connectivity index (χ3n) is 4.50. The average Bonchev–Trinajstić information content (AvgIpc) is 2.69. The number of anilines is 2. The van der Waals surface area contributed by atoms with Gasteiger partial charge in [-0.25, -0.2) is 23.2 Å². The molecule has 1 aromatic carbocycles. The van der Waals surface area contributed by atoms with E-state index in [1.54, 1.807) is 45.0 Å². The van der Waals surface area contributed by atoms with Gasteiger partial charge >= 0.3 is 6.09 Å². The largest absolute Gasteiger partial charge is 0.444 e. The number of sulfone groups is 1. The van der Waals surface area contributed by atoms with E-state index in [1.165, 1.54) is 18.0 Å². The van der Waals surface area contributed by atoms with Crippen LogP contribution < -0.4 is 10.2 Å². The fraction of sp³-hybridized carbons (Fsp3) is 0.304. The lowest BCUT2D eigenvalue weighted by molar-refractivity contribution is -0.116. The molecule has 0 bridgehead atoms. The highest BCUT2D eigenvalue weighted by atomic mass is 32.2. The average molecular weight is 471 g/mol. The van der Waals surface area contributed by atoms with Gasteiger partial charge in [0.1, 0.15) is 11.4 Å². The zero-order valence-electron chi connectivity index (χ0n) is 19.1. The number of carbonyl (C=O) groups excluding carboxylic acids is 2. The maximum atomic E-state index is 12.4. The molecule has 0 radical (unpaired) electrons. The molecular formula is C23H26N4O5S. The van der Waals surface area contributed by atoms with Gasteiger partial charge in [0.25, 0.3) is 0 Å². The minimum Gasteiger partial charge on any atom is -0.444 e. The third kappa shape index (κ3) is 6.26. The molecule has 1 N–H and O–H groups in total. The smallest absolute Gasteiger partial charge is 0.413 e. The van der Waals surface area contributed by atoms with E-state index in [0.29, 0.717) is 11.3 Å². The van der Waals surface area contributed by atoms with Crippen molar-refractivity contribution in [2.24, 2.45) is 0 Å². The molecule has 9 nitrogen and oxygen atoms in total. The fourth-order valence-electron chi connectivity index (χ4n) is 3.16. The first-order valence-corrected chi connectivity index (χ1v) is 12.1. The van der Waals surface area contributed by atoms with Crippen molar-refractivity contribution in [3.05, 3.63) is 54.2 Å². The predicted octanol–water partition coefficient (Wildman–Crippen LogP) is 3.93. The van der Waals surface area contributed by atoms with Gasteiger partial charge in [0.05, 0.1) is 17.7 Å². The second-order valence-corrected chi connectivity index (χ2v) is 10.5. The maximum absolute atomic E-state index is 12.4. The number of pyridine rings is 2. The molecule has 0 spiro atoms. The van der Waals surface area contributed by atoms with E-state index >= 15 is 0 Å². The number of benzene rings is 1. The van der Waals surface area contributed by atoms with Crippen molar-refractivity contribution in [3.8, 4) is 0 Å². The number of fused-ring (bicyclic) bond motifs is 1. The van der Waals surface area contributed by atoms with E-state index in [0.717, 1.165) is 17.2 Å². The van der Waals surface area contributed by atoms with Gasteiger partial charge in [-0.1, -0.05) is 12.1 Å². The van der Waals surface area contributed by atoms with Crippen molar-refractivity contribution in [1.29, 1.82) is 0 Å². The van der Waals surface area contributed by atoms with Gasteiger partial charge in [-0.05, 0) is 56.7 Å². The van der Waals surface area contributed by atoms with Gasteiger partial charge in [0, 0.05) is 24.8 Å². The molecule has 0 aliphatic heterocycles. The molecule has 174 valence electrons. The van der Waals surface area contributed by atoms with E-state index in [9.17, 15) is 18.0 Å². The molecule has 3 aromatic rings. The summed E-state index contributed by atoms with van der Waals surface area (Å²) in [5.74, 6) is -0.00903. The Hall–Kier alpha value is -3.53. The van der Waals surface area contributed by atoms with Crippen molar-refractivity contribution in [2.75, 3.05) is 16.5 Å². The molecule has 2 amide bonds. The molecule has 0 unspecified atom stereocenters. The first-order chi connectivity index (χ1) is 15.3. The van der Waals surface area contributed by atoms with E-state index in [1.807, 2.05) is 18.2 Å². The van der Waals surface area contributed by atoms with E-state index in [4.69, 9.17) is 4.74 Å². The highest BCUT2D eigenvalue weighted by Gasteiger charge is 2.22. The number of rotatable bonds is 5. The van der Waals surface area contributed by atoms with Crippen LogP contribution in [0.1, 0.15) is 33.3 Å². The molecule has 0 aliphatic rings. The van der Waals surface area contributed by atoms with Crippen molar-refractivity contribution in [1.82, 2.24) is 9.97 Å². The SMILES string of the molecule is CC(=O)N(Cc1ccc2ccc(NC(=O)OC(C)(C)C)nc2c1)c1cccnc1S(C)(=O)=O. The Morgan fingerprint density at radius 2 is 1.82 bits per heavy atom. The molecule has 0 saturated heterocycles. The van der Waals surface area contributed by atoms with Crippen LogP contribution in [0.3, 0.4) is 0 Å². The van der Waals surface area contributed by atoms with Crippen LogP contribution in [0.2, 0.25) is 0 Å². The van der Waals surface area contributed by atoms with Crippen LogP contribution in [0.5, 0.6) is 0 Å². The van der Waals surface area contributed by atoms with E-state index in [2.05, 4.69) is 15.3 Å². The Morgan fingerprint density at radius 3 is 2.45 bits per heavy atom. The molecular weight excluding hydrogens is 444 g/mol. The Labute approximate surface area is 192 Å². The molecule has 0 atom stereocenters. The number of carbonyl (C=O) groups is 2. The number of ether oxygens (including phenoxy) is 1. The van der Waals surface area contributed by atoms with Crippen molar-refractivity contribution >= 4 is 44.2 Å². The zero-order valence-corrected chi connectivity index (χ0v) is 19.9. The molecule has 0 saturated carbocycles. The highest BCUT2D eigenvalue weighted by Crippen LogP contribution is 2.26. The number of amides is 2. The lowest BCUT2D eigenvalue weighted by atomic mass is 10.1. The summed E-state index contributed by atoms with van der Waals surface area (Å²) >= 11 is 0. The summed E-state index contributed by atoms with van der Waals surface area (Å²) in [4.78, 5) is 34.2. The zero-order chi connectivity index (χ0) is 24.4. The Balaban J connectivity index is 1.92. The van der Waals surface area contributed by atoms with Crippen molar-refractivity contribution in [3.63, 3.8) is 0 Å². The number of hydrogen-bond acceptors (Lipinski definition) is 7. The summed E-state index contributed by atoms with van der Waals surface area (Å²) < 4.78 is 29.6. The van der Waals surface area contributed by atoms with Crippen LogP contribution in [-0.2, 0) is 25.9 Å². The summed E-state index contributed by atoms with van der Waals surface area (Å²) in [6.45, 7) is 6.78. The van der Waals surface area contributed by atoms with Gasteiger partial charge in [-0.3, -0.25) is 10.1 Å². The molecule has 33 heavy (non-hydrogen) atoms. The number of aromatic nitrogens is 2. The van der Waals surface area contributed by atoms with Crippen LogP contribution in [0.15, 0.2) is 53.7 Å². The van der Waals surface area contributed by atoms with Crippen LogP contribution in [0, 0.1) is 0 Å². The number of nitrogens with one attached hydrogen (secondary N) is 1. The summed E-state index contributed by atoms with van der Waals surface area (Å²) in [6.07, 6.45) is 1.81. The third-order valence-corrected chi connectivity index (χ3v) is 5.52. The standard InChI is InChI=1S/C23H26N4O5S/c1-15(28)27(19-7-6-12-24-21(19)33(5,30)31)14-16-8-9-17-10-11-20(25-18(17)13-16)26-22(29)32-23(2,3)4/h6-13H,14H2,1-5H3,(H,25,26,29). The van der Waals surface area contributed by atoms with Gasteiger partial charge < -0.3 is 9.64 Å². The summed E-state index contributed by atoms with van der Waals surface area (Å²) in [5.41, 5.74) is 0.893. The van der Waals surface area contributed by atoms with Crippen LogP contribution in [-0.4, -0.2) is 42.2 Å². The topological polar surface area (TPSA) is 119 Å². The molecule has 2 heterocycles. The van der Waals surface area contributed by atoms with Crippen molar-refractivity contribution in [2.45, 2.75) is 44.9 Å². The molecule has 10 heteroatoms. The summed E-state index contributed by atoms with van der Waals surface area (Å²) in [5, 5.41) is 3.28. The highest BCUT2D eigenvalue weighted by molar-refractivity contribution is 7.90. The van der Waals surface area contributed by atoms with Crippen LogP contribution in [0.25, 0.3) is 10.9 Å². The molecule has 0 aliphatic carbocycles. The Morgan fingerprint density at radius 1 is 1.12 bits per heavy atom. The van der Waals surface area contributed by atoms with Gasteiger partial charge in [0.15, 0.2) is 14.9 Å². The first-order valence-electron chi connectivity index (χ1n) is 10.2. The predicted molar refractivity (Wildman–Crippen MR) is 126 cm³/mol. The second kappa shape index (κ2) is 9.14. The van der Waals surface area contributed by atoms with Crippen LogP contribution in [0.4, 0.5) is 16.3 Å². The maximum Gasteiger partial charge on any atom is 0.413 e. The molecule has 2 aromatic heterocycles. The van der Waals surface area contributed by atoms with Gasteiger partial charge in [-0.15, -0.1) is 0 Å². The summed E-state index contributed by atoms with van der Waals surface area (Å²) in [7, 11) is -3.64. The fourth-order valence-corrected chi connectivity index (χ4v) is 3.97. The monoisotopic (exact) mass is 470 g/mol. The van der Waals surface area contributed by atoms with E-state index in [-0.39, 0.29) is 23.2 Å². The van der Waals surface area contributed by atoms with Crippen LogP contribution >= 0.6 is 0 Å².